The molecular formula is C31H34N4O5. The minimum Gasteiger partial charge on any atom is -0.494 e. The zero-order valence-corrected chi connectivity index (χ0v) is 23.7. The van der Waals surface area contributed by atoms with E-state index in [2.05, 4.69) is 18.9 Å². The number of fused-ring (bicyclic) bond motifs is 1. The molecule has 0 aliphatic rings. The molecule has 0 saturated carbocycles. The maximum absolute atomic E-state index is 13.8. The number of ether oxygens (including phenoxy) is 2. The fourth-order valence-corrected chi connectivity index (χ4v) is 4.35. The number of aryl methyl sites for hydroxylation is 1. The van der Waals surface area contributed by atoms with Crippen LogP contribution in [0.2, 0.25) is 0 Å². The SMILES string of the molecule is CCOc1cc(C)c(-c2nc3ccccc3c(=O)n2N=Cc2cc([N+](=O)[O-])ccc2O[C@H](C)CC)cc1C(C)C. The van der Waals surface area contributed by atoms with E-state index in [9.17, 15) is 14.9 Å². The topological polar surface area (TPSA) is 109 Å². The number of aromatic nitrogens is 2. The van der Waals surface area contributed by atoms with Crippen LogP contribution < -0.4 is 15.0 Å². The van der Waals surface area contributed by atoms with Crippen molar-refractivity contribution in [1.82, 2.24) is 9.66 Å². The summed E-state index contributed by atoms with van der Waals surface area (Å²) in [5.74, 6) is 1.75. The molecule has 0 N–H and O–H groups in total. The first-order chi connectivity index (χ1) is 19.1. The Labute approximate surface area is 233 Å². The largest absolute Gasteiger partial charge is 0.494 e. The lowest BCUT2D eigenvalue weighted by Gasteiger charge is -2.18. The number of rotatable bonds is 10. The fraction of sp³-hybridized carbons (Fsp3) is 0.323. The lowest BCUT2D eigenvalue weighted by molar-refractivity contribution is -0.384. The first-order valence-corrected chi connectivity index (χ1v) is 13.4. The Morgan fingerprint density at radius 3 is 2.50 bits per heavy atom. The van der Waals surface area contributed by atoms with Crippen molar-refractivity contribution in [2.24, 2.45) is 5.10 Å². The van der Waals surface area contributed by atoms with Gasteiger partial charge in [-0.05, 0) is 74.6 Å². The summed E-state index contributed by atoms with van der Waals surface area (Å²) in [7, 11) is 0. The maximum Gasteiger partial charge on any atom is 0.282 e. The van der Waals surface area contributed by atoms with Gasteiger partial charge in [0.25, 0.3) is 11.2 Å². The summed E-state index contributed by atoms with van der Waals surface area (Å²) in [6, 6.07) is 15.4. The number of para-hydroxylation sites is 1. The number of nitro groups is 1. The second kappa shape index (κ2) is 12.1. The van der Waals surface area contributed by atoms with Crippen LogP contribution in [0.5, 0.6) is 11.5 Å². The molecule has 0 radical (unpaired) electrons. The second-order valence-corrected chi connectivity index (χ2v) is 9.92. The number of hydrogen-bond acceptors (Lipinski definition) is 7. The van der Waals surface area contributed by atoms with E-state index in [-0.39, 0.29) is 23.3 Å². The van der Waals surface area contributed by atoms with Crippen LogP contribution >= 0.6 is 0 Å². The summed E-state index contributed by atoms with van der Waals surface area (Å²) in [4.78, 5) is 29.7. The molecule has 0 bridgehead atoms. The molecule has 9 heteroatoms. The quantitative estimate of drug-likeness (QED) is 0.123. The number of nitro benzene ring substituents is 1. The van der Waals surface area contributed by atoms with Crippen LogP contribution in [-0.4, -0.2) is 33.5 Å². The molecule has 0 amide bonds. The minimum absolute atomic E-state index is 0.105. The van der Waals surface area contributed by atoms with Gasteiger partial charge in [-0.15, -0.1) is 0 Å². The fourth-order valence-electron chi connectivity index (χ4n) is 4.35. The molecule has 0 aliphatic heterocycles. The zero-order valence-electron chi connectivity index (χ0n) is 23.7. The van der Waals surface area contributed by atoms with Crippen LogP contribution in [0, 0.1) is 17.0 Å². The molecule has 4 aromatic rings. The van der Waals surface area contributed by atoms with Gasteiger partial charge in [-0.1, -0.05) is 32.9 Å². The van der Waals surface area contributed by atoms with Gasteiger partial charge >= 0.3 is 0 Å². The van der Waals surface area contributed by atoms with Crippen LogP contribution in [0.15, 0.2) is 64.5 Å². The van der Waals surface area contributed by atoms with E-state index >= 15 is 0 Å². The van der Waals surface area contributed by atoms with E-state index in [0.717, 1.165) is 28.9 Å². The van der Waals surface area contributed by atoms with Gasteiger partial charge in [0.1, 0.15) is 11.5 Å². The summed E-state index contributed by atoms with van der Waals surface area (Å²) in [5.41, 5.74) is 3.06. The molecule has 208 valence electrons. The smallest absolute Gasteiger partial charge is 0.282 e. The summed E-state index contributed by atoms with van der Waals surface area (Å²) >= 11 is 0. The van der Waals surface area contributed by atoms with Crippen molar-refractivity contribution in [1.29, 1.82) is 0 Å². The standard InChI is InChI=1S/C31H34N4O5/c1-7-21(6)40-28-14-13-23(35(37)38)16-22(28)18-32-34-30(33-27-12-10-9-11-24(27)31(34)36)26-17-25(19(3)4)29(39-8-2)15-20(26)5/h9-19,21H,7-8H2,1-6H3/t21-/m1/s1. The van der Waals surface area contributed by atoms with Gasteiger partial charge in [-0.2, -0.15) is 9.78 Å². The highest BCUT2D eigenvalue weighted by Gasteiger charge is 2.19. The van der Waals surface area contributed by atoms with Gasteiger partial charge in [0.15, 0.2) is 5.82 Å². The Bertz CT molecular complexity index is 1640. The van der Waals surface area contributed by atoms with E-state index in [1.807, 2.05) is 45.9 Å². The van der Waals surface area contributed by atoms with Crippen LogP contribution in [0.3, 0.4) is 0 Å². The zero-order chi connectivity index (χ0) is 29.0. The predicted molar refractivity (Wildman–Crippen MR) is 158 cm³/mol. The molecule has 0 fully saturated rings. The van der Waals surface area contributed by atoms with Crippen molar-refractivity contribution in [2.75, 3.05) is 6.61 Å². The molecule has 4 rings (SSSR count). The first-order valence-electron chi connectivity index (χ1n) is 13.4. The van der Waals surface area contributed by atoms with Crippen molar-refractivity contribution in [3.63, 3.8) is 0 Å². The summed E-state index contributed by atoms with van der Waals surface area (Å²) in [5, 5.41) is 16.5. The molecule has 0 spiro atoms. The Morgan fingerprint density at radius 2 is 1.82 bits per heavy atom. The van der Waals surface area contributed by atoms with Crippen molar-refractivity contribution >= 4 is 22.8 Å². The molecule has 0 aliphatic carbocycles. The highest BCUT2D eigenvalue weighted by molar-refractivity contribution is 5.85. The van der Waals surface area contributed by atoms with Crippen molar-refractivity contribution < 1.29 is 14.4 Å². The van der Waals surface area contributed by atoms with Crippen LogP contribution in [-0.2, 0) is 0 Å². The molecule has 9 nitrogen and oxygen atoms in total. The Morgan fingerprint density at radius 1 is 1.07 bits per heavy atom. The minimum atomic E-state index is -0.476. The molecule has 3 aromatic carbocycles. The predicted octanol–water partition coefficient (Wildman–Crippen LogP) is 6.86. The highest BCUT2D eigenvalue weighted by atomic mass is 16.6. The van der Waals surface area contributed by atoms with Gasteiger partial charge < -0.3 is 9.47 Å². The van der Waals surface area contributed by atoms with Crippen LogP contribution in [0.25, 0.3) is 22.3 Å². The molecule has 1 heterocycles. The Balaban J connectivity index is 1.97. The molecule has 1 atom stereocenters. The van der Waals surface area contributed by atoms with Gasteiger partial charge in [-0.3, -0.25) is 14.9 Å². The van der Waals surface area contributed by atoms with Crippen molar-refractivity contribution in [3.8, 4) is 22.9 Å². The van der Waals surface area contributed by atoms with Gasteiger partial charge in [-0.25, -0.2) is 4.98 Å². The van der Waals surface area contributed by atoms with Crippen LogP contribution in [0.4, 0.5) is 5.69 Å². The number of non-ortho nitro benzene ring substituents is 1. The molecule has 0 unspecified atom stereocenters. The molecule has 0 saturated heterocycles. The second-order valence-electron chi connectivity index (χ2n) is 9.92. The molecule has 1 aromatic heterocycles. The monoisotopic (exact) mass is 542 g/mol. The molecule has 40 heavy (non-hydrogen) atoms. The summed E-state index contributed by atoms with van der Waals surface area (Å²) in [6.45, 7) is 12.5. The van der Waals surface area contributed by atoms with E-state index in [1.54, 1.807) is 24.3 Å². The molecular weight excluding hydrogens is 508 g/mol. The third-order valence-corrected chi connectivity index (χ3v) is 6.69. The first kappa shape index (κ1) is 28.5. The summed E-state index contributed by atoms with van der Waals surface area (Å²) in [6.07, 6.45) is 2.05. The van der Waals surface area contributed by atoms with E-state index in [4.69, 9.17) is 14.5 Å². The Hall–Kier alpha value is -4.53. The van der Waals surface area contributed by atoms with Crippen molar-refractivity contribution in [2.45, 2.75) is 60.0 Å². The number of benzene rings is 3. The highest BCUT2D eigenvalue weighted by Crippen LogP contribution is 2.34. The number of nitrogens with zero attached hydrogens (tertiary/aromatic N) is 4. The van der Waals surface area contributed by atoms with E-state index < -0.39 is 4.92 Å². The van der Waals surface area contributed by atoms with E-state index in [0.29, 0.717) is 34.6 Å². The lowest BCUT2D eigenvalue weighted by atomic mass is 9.96. The lowest BCUT2D eigenvalue weighted by Crippen LogP contribution is -2.21. The Kier molecular flexibility index (Phi) is 8.62. The summed E-state index contributed by atoms with van der Waals surface area (Å²) < 4.78 is 13.1. The normalized spacial score (nSPS) is 12.3. The number of hydrogen-bond donors (Lipinski definition) is 0. The average Bonchev–Trinajstić information content (AvgIpc) is 2.93. The van der Waals surface area contributed by atoms with Gasteiger partial charge in [0, 0.05) is 23.3 Å². The van der Waals surface area contributed by atoms with Crippen molar-refractivity contribution in [3.05, 3.63) is 91.8 Å². The third kappa shape index (κ3) is 5.88. The average molecular weight is 543 g/mol. The van der Waals surface area contributed by atoms with Crippen LogP contribution in [0.1, 0.15) is 63.6 Å². The van der Waals surface area contributed by atoms with Gasteiger partial charge in [0.05, 0.1) is 34.8 Å². The third-order valence-electron chi connectivity index (χ3n) is 6.69. The van der Waals surface area contributed by atoms with E-state index in [1.165, 1.54) is 23.0 Å². The van der Waals surface area contributed by atoms with Gasteiger partial charge in [0.2, 0.25) is 0 Å². The maximum atomic E-state index is 13.8.